The number of hydrogen-bond acceptors (Lipinski definition) is 4. The lowest BCUT2D eigenvalue weighted by Crippen LogP contribution is -2.50. The average Bonchev–Trinajstić information content (AvgIpc) is 2.46. The smallest absolute Gasteiger partial charge is 0.240 e. The first-order chi connectivity index (χ1) is 9.92. The molecule has 1 aromatic rings. The first-order valence-electron chi connectivity index (χ1n) is 6.68. The summed E-state index contributed by atoms with van der Waals surface area (Å²) in [5.74, 6) is -0.814. The fraction of sp³-hybridized carbons (Fsp3) is 0.462. The van der Waals surface area contributed by atoms with E-state index in [4.69, 9.17) is 5.73 Å². The van der Waals surface area contributed by atoms with Gasteiger partial charge in [0.25, 0.3) is 0 Å². The highest BCUT2D eigenvalue weighted by molar-refractivity contribution is 7.89. The Morgan fingerprint density at radius 2 is 2.18 bits per heavy atom. The van der Waals surface area contributed by atoms with Crippen molar-refractivity contribution in [1.29, 1.82) is 0 Å². The third-order valence-corrected chi connectivity index (χ3v) is 4.90. The zero-order chi connectivity index (χ0) is 15.5. The van der Waals surface area contributed by atoms with E-state index in [0.717, 1.165) is 6.07 Å². The Balaban J connectivity index is 0.00000242. The lowest BCUT2D eigenvalue weighted by atomic mass is 10.1. The van der Waals surface area contributed by atoms with Crippen LogP contribution in [0.15, 0.2) is 29.2 Å². The van der Waals surface area contributed by atoms with Crippen LogP contribution in [0.2, 0.25) is 0 Å². The number of carbonyl (C=O) groups excluding carboxylic acids is 1. The quantitative estimate of drug-likeness (QED) is 0.825. The normalized spacial score (nSPS) is 18.6. The van der Waals surface area contributed by atoms with Crippen molar-refractivity contribution in [1.82, 2.24) is 9.62 Å². The van der Waals surface area contributed by atoms with Crippen molar-refractivity contribution in [3.63, 3.8) is 0 Å². The van der Waals surface area contributed by atoms with E-state index in [-0.39, 0.29) is 42.3 Å². The van der Waals surface area contributed by atoms with E-state index >= 15 is 0 Å². The Morgan fingerprint density at radius 3 is 2.82 bits per heavy atom. The molecule has 0 bridgehead atoms. The molecule has 124 valence electrons. The number of carbonyl (C=O) groups is 1. The summed E-state index contributed by atoms with van der Waals surface area (Å²) in [7, 11) is -3.80. The standard InChI is InChI=1S/C13H18FN3O3S.ClH/c14-10-3-1-5-12(7-10)21(19,20)16-11-4-2-6-17(9-11)13(18)8-15;/h1,3,5,7,11,16H,2,4,6,8-9,15H2;1H. The summed E-state index contributed by atoms with van der Waals surface area (Å²) in [6.45, 7) is 0.766. The van der Waals surface area contributed by atoms with Gasteiger partial charge < -0.3 is 10.6 Å². The highest BCUT2D eigenvalue weighted by atomic mass is 35.5. The molecule has 1 saturated heterocycles. The Hall–Kier alpha value is -1.22. The van der Waals surface area contributed by atoms with Gasteiger partial charge in [-0.05, 0) is 31.0 Å². The molecule has 0 spiro atoms. The minimum absolute atomic E-state index is 0. The first-order valence-corrected chi connectivity index (χ1v) is 8.16. The second-order valence-corrected chi connectivity index (χ2v) is 6.68. The third-order valence-electron chi connectivity index (χ3n) is 3.38. The van der Waals surface area contributed by atoms with E-state index in [9.17, 15) is 17.6 Å². The van der Waals surface area contributed by atoms with Gasteiger partial charge in [0.15, 0.2) is 0 Å². The van der Waals surface area contributed by atoms with Crippen LogP contribution in [0, 0.1) is 5.82 Å². The number of rotatable bonds is 4. The maximum Gasteiger partial charge on any atom is 0.240 e. The number of nitrogens with one attached hydrogen (secondary N) is 1. The van der Waals surface area contributed by atoms with E-state index in [2.05, 4.69) is 4.72 Å². The largest absolute Gasteiger partial charge is 0.340 e. The number of nitrogens with zero attached hydrogens (tertiary/aromatic N) is 1. The molecule has 0 aliphatic carbocycles. The number of nitrogens with two attached hydrogens (primary N) is 1. The van der Waals surface area contributed by atoms with Gasteiger partial charge >= 0.3 is 0 Å². The molecule has 1 fully saturated rings. The fourth-order valence-electron chi connectivity index (χ4n) is 2.35. The molecule has 1 aromatic carbocycles. The van der Waals surface area contributed by atoms with Gasteiger partial charge in [-0.2, -0.15) is 0 Å². The minimum Gasteiger partial charge on any atom is -0.340 e. The van der Waals surface area contributed by atoms with Gasteiger partial charge in [0.05, 0.1) is 11.4 Å². The molecule has 3 N–H and O–H groups in total. The average molecular weight is 352 g/mol. The van der Waals surface area contributed by atoms with Crippen molar-refractivity contribution >= 4 is 28.3 Å². The van der Waals surface area contributed by atoms with Crippen molar-refractivity contribution in [2.75, 3.05) is 19.6 Å². The summed E-state index contributed by atoms with van der Waals surface area (Å²) in [4.78, 5) is 13.0. The molecule has 0 radical (unpaired) electrons. The van der Waals surface area contributed by atoms with Crippen LogP contribution in [-0.2, 0) is 14.8 Å². The molecule has 6 nitrogen and oxygen atoms in total. The van der Waals surface area contributed by atoms with E-state index in [1.165, 1.54) is 18.2 Å². The fourth-order valence-corrected chi connectivity index (χ4v) is 3.64. The number of benzene rings is 1. The van der Waals surface area contributed by atoms with Crippen LogP contribution < -0.4 is 10.5 Å². The zero-order valence-corrected chi connectivity index (χ0v) is 13.5. The summed E-state index contributed by atoms with van der Waals surface area (Å²) in [6, 6.07) is 4.43. The van der Waals surface area contributed by atoms with Crippen LogP contribution in [0.25, 0.3) is 0 Å². The zero-order valence-electron chi connectivity index (χ0n) is 11.9. The van der Waals surface area contributed by atoms with Crippen molar-refractivity contribution in [2.45, 2.75) is 23.8 Å². The summed E-state index contributed by atoms with van der Waals surface area (Å²) in [5.41, 5.74) is 5.31. The Morgan fingerprint density at radius 1 is 1.45 bits per heavy atom. The van der Waals surface area contributed by atoms with Crippen molar-refractivity contribution < 1.29 is 17.6 Å². The van der Waals surface area contributed by atoms with Crippen molar-refractivity contribution in [3.05, 3.63) is 30.1 Å². The summed E-state index contributed by atoms with van der Waals surface area (Å²) < 4.78 is 40.0. The molecular formula is C13H19ClFN3O3S. The Bertz CT molecular complexity index is 627. The molecule has 0 saturated carbocycles. The van der Waals surface area contributed by atoms with Crippen LogP contribution in [0.3, 0.4) is 0 Å². The molecule has 1 heterocycles. The highest BCUT2D eigenvalue weighted by Gasteiger charge is 2.27. The SMILES string of the molecule is Cl.NCC(=O)N1CCCC(NS(=O)(=O)c2cccc(F)c2)C1. The van der Waals surface area contributed by atoms with E-state index < -0.39 is 15.8 Å². The van der Waals surface area contributed by atoms with Crippen LogP contribution >= 0.6 is 12.4 Å². The van der Waals surface area contributed by atoms with E-state index in [1.807, 2.05) is 0 Å². The van der Waals surface area contributed by atoms with Crippen LogP contribution in [0.1, 0.15) is 12.8 Å². The third kappa shape index (κ3) is 4.64. The molecule has 1 aliphatic heterocycles. The topological polar surface area (TPSA) is 92.5 Å². The highest BCUT2D eigenvalue weighted by Crippen LogP contribution is 2.15. The van der Waals surface area contributed by atoms with Gasteiger partial charge in [-0.25, -0.2) is 17.5 Å². The Kier molecular flexibility index (Phi) is 6.73. The summed E-state index contributed by atoms with van der Waals surface area (Å²) >= 11 is 0. The number of likely N-dealkylation sites (tertiary alicyclic amines) is 1. The van der Waals surface area contributed by atoms with Gasteiger partial charge in [0.1, 0.15) is 5.82 Å². The molecule has 1 amide bonds. The monoisotopic (exact) mass is 351 g/mol. The molecule has 2 rings (SSSR count). The first kappa shape index (κ1) is 18.8. The summed E-state index contributed by atoms with van der Waals surface area (Å²) in [5, 5.41) is 0. The van der Waals surface area contributed by atoms with Crippen molar-refractivity contribution in [3.8, 4) is 0 Å². The molecule has 9 heteroatoms. The molecular weight excluding hydrogens is 333 g/mol. The van der Waals surface area contributed by atoms with E-state index in [0.29, 0.717) is 19.4 Å². The van der Waals surface area contributed by atoms with Crippen LogP contribution in [0.4, 0.5) is 4.39 Å². The molecule has 22 heavy (non-hydrogen) atoms. The van der Waals surface area contributed by atoms with Gasteiger partial charge in [0, 0.05) is 19.1 Å². The molecule has 0 aromatic heterocycles. The van der Waals surface area contributed by atoms with Gasteiger partial charge in [-0.15, -0.1) is 12.4 Å². The number of halogens is 2. The number of hydrogen-bond donors (Lipinski definition) is 2. The van der Waals surface area contributed by atoms with E-state index in [1.54, 1.807) is 4.90 Å². The maximum absolute atomic E-state index is 13.1. The Labute approximate surface area is 135 Å². The molecule has 1 aliphatic rings. The van der Waals surface area contributed by atoms with Crippen LogP contribution in [0.5, 0.6) is 0 Å². The number of piperidine rings is 1. The second-order valence-electron chi connectivity index (χ2n) is 4.96. The van der Waals surface area contributed by atoms with Crippen LogP contribution in [-0.4, -0.2) is 44.9 Å². The van der Waals surface area contributed by atoms with Gasteiger partial charge in [-0.3, -0.25) is 4.79 Å². The number of sulfonamides is 1. The van der Waals surface area contributed by atoms with Gasteiger partial charge in [-0.1, -0.05) is 6.07 Å². The maximum atomic E-state index is 13.1. The lowest BCUT2D eigenvalue weighted by Gasteiger charge is -2.32. The predicted molar refractivity (Wildman–Crippen MR) is 82.6 cm³/mol. The van der Waals surface area contributed by atoms with Crippen molar-refractivity contribution in [2.24, 2.45) is 5.73 Å². The molecule has 1 unspecified atom stereocenters. The number of amides is 1. The lowest BCUT2D eigenvalue weighted by molar-refractivity contribution is -0.130. The minimum atomic E-state index is -3.80. The second kappa shape index (κ2) is 7.87. The summed E-state index contributed by atoms with van der Waals surface area (Å²) in [6.07, 6.45) is 1.32. The predicted octanol–water partition coefficient (Wildman–Crippen LogP) is 0.475. The van der Waals surface area contributed by atoms with Gasteiger partial charge in [0.2, 0.25) is 15.9 Å². The molecule has 1 atom stereocenters.